The minimum absolute atomic E-state index is 1.11. The Balaban J connectivity index is 2.33. The maximum atomic E-state index is 3.71. The molecule has 0 bridgehead atoms. The summed E-state index contributed by atoms with van der Waals surface area (Å²) in [6.07, 6.45) is 6.23. The van der Waals surface area contributed by atoms with E-state index < -0.39 is 0 Å². The normalized spacial score (nSPS) is 14.2. The van der Waals surface area contributed by atoms with Crippen LogP contribution < -0.4 is 0 Å². The number of hydrogen-bond donors (Lipinski definition) is 0. The molecule has 1 aliphatic carbocycles. The molecular weight excluding hydrogens is 144 g/mol. The minimum Gasteiger partial charge on any atom is -0.0991 e. The van der Waals surface area contributed by atoms with Crippen LogP contribution in [-0.2, 0) is 12.8 Å². The van der Waals surface area contributed by atoms with Gasteiger partial charge in [-0.15, -0.1) is 0 Å². The lowest BCUT2D eigenvalue weighted by Gasteiger charge is -1.92. The second kappa shape index (κ2) is 2.98. The first kappa shape index (κ1) is 7.35. The number of fused-ring (bicyclic) bond motifs is 1. The van der Waals surface area contributed by atoms with Crippen LogP contribution in [0, 0.1) is 0 Å². The number of allylic oxidation sites excluding steroid dienone is 3. The molecule has 0 fully saturated rings. The fourth-order valence-corrected chi connectivity index (χ4v) is 1.74. The molecule has 1 aromatic rings. The first-order chi connectivity index (χ1) is 5.90. The van der Waals surface area contributed by atoms with Gasteiger partial charge >= 0.3 is 0 Å². The average Bonchev–Trinajstić information content (AvgIpc) is 2.47. The van der Waals surface area contributed by atoms with E-state index in [2.05, 4.69) is 36.9 Å². The summed E-state index contributed by atoms with van der Waals surface area (Å²) in [5.74, 6) is 0. The number of hydrogen-bond acceptors (Lipinski definition) is 0. The van der Waals surface area contributed by atoms with Crippen molar-refractivity contribution in [2.75, 3.05) is 0 Å². The van der Waals surface area contributed by atoms with Gasteiger partial charge in [-0.3, -0.25) is 0 Å². The van der Waals surface area contributed by atoms with Crippen molar-refractivity contribution in [1.82, 2.24) is 0 Å². The van der Waals surface area contributed by atoms with Crippen LogP contribution in [-0.4, -0.2) is 0 Å². The summed E-state index contributed by atoms with van der Waals surface area (Å²) in [6.45, 7) is 3.71. The summed E-state index contributed by atoms with van der Waals surface area (Å²) in [5, 5.41) is 0. The minimum atomic E-state index is 1.11. The third-order valence-corrected chi connectivity index (χ3v) is 2.31. The summed E-state index contributed by atoms with van der Waals surface area (Å²) in [5.41, 5.74) is 4.43. The van der Waals surface area contributed by atoms with E-state index in [-0.39, 0.29) is 0 Å². The molecule has 0 heterocycles. The lowest BCUT2D eigenvalue weighted by atomic mass is 10.1. The van der Waals surface area contributed by atoms with E-state index in [0.29, 0.717) is 0 Å². The van der Waals surface area contributed by atoms with Gasteiger partial charge < -0.3 is 0 Å². The second-order valence-corrected chi connectivity index (χ2v) is 3.18. The number of benzene rings is 1. The van der Waals surface area contributed by atoms with Crippen LogP contribution in [0.15, 0.2) is 48.6 Å². The summed E-state index contributed by atoms with van der Waals surface area (Å²) >= 11 is 0. The summed E-state index contributed by atoms with van der Waals surface area (Å²) in [6, 6.07) is 8.63. The smallest absolute Gasteiger partial charge is 0.00578 e. The third kappa shape index (κ3) is 1.20. The zero-order valence-electron chi connectivity index (χ0n) is 7.09. The van der Waals surface area contributed by atoms with Crippen molar-refractivity contribution in [2.45, 2.75) is 12.8 Å². The van der Waals surface area contributed by atoms with E-state index >= 15 is 0 Å². The Labute approximate surface area is 73.2 Å². The summed E-state index contributed by atoms with van der Waals surface area (Å²) in [4.78, 5) is 0. The molecule has 0 radical (unpaired) electrons. The van der Waals surface area contributed by atoms with Gasteiger partial charge in [-0.1, -0.05) is 48.6 Å². The van der Waals surface area contributed by atoms with Gasteiger partial charge in [0.1, 0.15) is 0 Å². The highest BCUT2D eigenvalue weighted by molar-refractivity contribution is 5.41. The van der Waals surface area contributed by atoms with Crippen molar-refractivity contribution in [1.29, 1.82) is 0 Å². The van der Waals surface area contributed by atoms with Gasteiger partial charge in [0.15, 0.2) is 0 Å². The van der Waals surface area contributed by atoms with Crippen LogP contribution in [0.25, 0.3) is 0 Å². The molecule has 0 nitrogen and oxygen atoms in total. The molecule has 0 heteroatoms. The zero-order valence-corrected chi connectivity index (χ0v) is 7.09. The first-order valence-corrected chi connectivity index (χ1v) is 4.27. The van der Waals surface area contributed by atoms with Crippen molar-refractivity contribution in [2.24, 2.45) is 0 Å². The Morgan fingerprint density at radius 2 is 1.67 bits per heavy atom. The van der Waals surface area contributed by atoms with Crippen LogP contribution >= 0.6 is 0 Å². The van der Waals surface area contributed by atoms with E-state index in [1.54, 1.807) is 0 Å². The maximum absolute atomic E-state index is 3.71. The van der Waals surface area contributed by atoms with Gasteiger partial charge in [0.05, 0.1) is 0 Å². The topological polar surface area (TPSA) is 0 Å². The lowest BCUT2D eigenvalue weighted by Crippen LogP contribution is -1.77. The first-order valence-electron chi connectivity index (χ1n) is 4.27. The zero-order chi connectivity index (χ0) is 8.39. The van der Waals surface area contributed by atoms with Crippen LogP contribution in [0.3, 0.4) is 0 Å². The predicted octanol–water partition coefficient (Wildman–Crippen LogP) is 2.90. The SMILES string of the molecule is C=CC=C1Cc2ccccc2C1. The van der Waals surface area contributed by atoms with Crippen LogP contribution in [0.4, 0.5) is 0 Å². The molecular formula is C12H12. The van der Waals surface area contributed by atoms with Gasteiger partial charge in [-0.2, -0.15) is 0 Å². The lowest BCUT2D eigenvalue weighted by molar-refractivity contribution is 1.17. The van der Waals surface area contributed by atoms with Crippen molar-refractivity contribution in [3.8, 4) is 0 Å². The molecule has 0 atom stereocenters. The Kier molecular flexibility index (Phi) is 1.83. The van der Waals surface area contributed by atoms with Gasteiger partial charge in [0.2, 0.25) is 0 Å². The molecule has 0 saturated heterocycles. The fraction of sp³-hybridized carbons (Fsp3) is 0.167. The maximum Gasteiger partial charge on any atom is -0.00578 e. The molecule has 0 unspecified atom stereocenters. The third-order valence-electron chi connectivity index (χ3n) is 2.31. The van der Waals surface area contributed by atoms with Gasteiger partial charge in [-0.05, 0) is 24.0 Å². The Morgan fingerprint density at radius 1 is 1.08 bits per heavy atom. The highest BCUT2D eigenvalue weighted by Crippen LogP contribution is 2.25. The predicted molar refractivity (Wildman–Crippen MR) is 52.1 cm³/mol. The average molecular weight is 156 g/mol. The summed E-state index contributed by atoms with van der Waals surface area (Å²) in [7, 11) is 0. The molecule has 0 N–H and O–H groups in total. The summed E-state index contributed by atoms with van der Waals surface area (Å²) < 4.78 is 0. The molecule has 0 aliphatic heterocycles. The monoisotopic (exact) mass is 156 g/mol. The van der Waals surface area contributed by atoms with E-state index in [9.17, 15) is 0 Å². The van der Waals surface area contributed by atoms with E-state index in [4.69, 9.17) is 0 Å². The van der Waals surface area contributed by atoms with Crippen LogP contribution in [0.1, 0.15) is 11.1 Å². The molecule has 60 valence electrons. The molecule has 0 saturated carbocycles. The van der Waals surface area contributed by atoms with E-state index in [1.165, 1.54) is 16.7 Å². The molecule has 1 aliphatic rings. The molecule has 0 aromatic heterocycles. The van der Waals surface area contributed by atoms with Crippen molar-refractivity contribution >= 4 is 0 Å². The standard InChI is InChI=1S/C12H12/c1-2-5-10-8-11-6-3-4-7-12(11)9-10/h2-7H,1,8-9H2. The van der Waals surface area contributed by atoms with Gasteiger partial charge in [0.25, 0.3) is 0 Å². The van der Waals surface area contributed by atoms with E-state index in [1.807, 2.05) is 6.08 Å². The second-order valence-electron chi connectivity index (χ2n) is 3.18. The molecule has 0 amide bonds. The Hall–Kier alpha value is -1.30. The van der Waals surface area contributed by atoms with Gasteiger partial charge in [-0.25, -0.2) is 0 Å². The Morgan fingerprint density at radius 3 is 2.17 bits per heavy atom. The highest BCUT2D eigenvalue weighted by Gasteiger charge is 2.12. The molecule has 12 heavy (non-hydrogen) atoms. The van der Waals surface area contributed by atoms with Crippen molar-refractivity contribution < 1.29 is 0 Å². The van der Waals surface area contributed by atoms with Crippen LogP contribution in [0.5, 0.6) is 0 Å². The number of rotatable bonds is 1. The molecule has 2 rings (SSSR count). The van der Waals surface area contributed by atoms with Crippen molar-refractivity contribution in [3.63, 3.8) is 0 Å². The van der Waals surface area contributed by atoms with E-state index in [0.717, 1.165) is 12.8 Å². The molecule has 1 aromatic carbocycles. The Bertz CT molecular complexity index is 305. The quantitative estimate of drug-likeness (QED) is 0.586. The molecule has 0 spiro atoms. The largest absolute Gasteiger partial charge is 0.0991 e. The van der Waals surface area contributed by atoms with Crippen LogP contribution in [0.2, 0.25) is 0 Å². The fourth-order valence-electron chi connectivity index (χ4n) is 1.74. The highest BCUT2D eigenvalue weighted by atomic mass is 14.2. The van der Waals surface area contributed by atoms with Crippen molar-refractivity contribution in [3.05, 3.63) is 59.7 Å². The van der Waals surface area contributed by atoms with Gasteiger partial charge in [0, 0.05) is 0 Å².